The first kappa shape index (κ1) is 23.0. The highest BCUT2D eigenvalue weighted by Crippen LogP contribution is 2.18. The first-order valence-electron chi connectivity index (χ1n) is 9.36. The number of hydrogen-bond donors (Lipinski definition) is 1. The van der Waals surface area contributed by atoms with Crippen LogP contribution in [0.4, 0.5) is 5.82 Å². The van der Waals surface area contributed by atoms with Crippen LogP contribution in [0.1, 0.15) is 39.5 Å². The van der Waals surface area contributed by atoms with Gasteiger partial charge in [0, 0.05) is 33.7 Å². The molecule has 0 fully saturated rings. The number of ether oxygens (including phenoxy) is 1. The Bertz CT molecular complexity index is 513. The van der Waals surface area contributed by atoms with Crippen LogP contribution in [0.15, 0.2) is 17.0 Å². The van der Waals surface area contributed by atoms with E-state index in [4.69, 9.17) is 4.74 Å². The molecule has 1 heterocycles. The zero-order valence-corrected chi connectivity index (χ0v) is 18.1. The van der Waals surface area contributed by atoms with E-state index < -0.39 is 0 Å². The fourth-order valence-corrected chi connectivity index (χ4v) is 3.10. The van der Waals surface area contributed by atoms with Crippen LogP contribution in [0.5, 0.6) is 0 Å². The minimum atomic E-state index is 0.153. The quantitative estimate of drug-likeness (QED) is 0.458. The monoisotopic (exact) mass is 428 g/mol. The minimum absolute atomic E-state index is 0.153. The molecule has 26 heavy (non-hydrogen) atoms. The molecule has 1 rings (SSSR count). The molecular formula is C19H33BrN4O2. The van der Waals surface area contributed by atoms with Crippen molar-refractivity contribution >= 4 is 27.5 Å². The van der Waals surface area contributed by atoms with Crippen molar-refractivity contribution in [3.8, 4) is 0 Å². The third kappa shape index (κ3) is 9.59. The number of aromatic nitrogens is 2. The number of Topliss-reactive ketones (excluding diaryl/α,β-unsaturated/α-hetero) is 1. The predicted molar refractivity (Wildman–Crippen MR) is 110 cm³/mol. The molecule has 0 aromatic carbocycles. The van der Waals surface area contributed by atoms with Crippen molar-refractivity contribution in [2.24, 2.45) is 11.8 Å². The van der Waals surface area contributed by atoms with Crippen molar-refractivity contribution in [1.82, 2.24) is 15.3 Å². The molecule has 1 aromatic rings. The summed E-state index contributed by atoms with van der Waals surface area (Å²) in [5, 5.41) is 3.41. The van der Waals surface area contributed by atoms with Gasteiger partial charge in [0.25, 0.3) is 0 Å². The van der Waals surface area contributed by atoms with Crippen LogP contribution in [0.25, 0.3) is 0 Å². The van der Waals surface area contributed by atoms with Gasteiger partial charge in [-0.15, -0.1) is 0 Å². The molecule has 0 aliphatic rings. The second-order valence-corrected chi connectivity index (χ2v) is 7.77. The summed E-state index contributed by atoms with van der Waals surface area (Å²) in [7, 11) is 3.62. The summed E-state index contributed by atoms with van der Waals surface area (Å²) in [5.41, 5.74) is 0. The second-order valence-electron chi connectivity index (χ2n) is 6.96. The van der Waals surface area contributed by atoms with Gasteiger partial charge in [-0.25, -0.2) is 9.97 Å². The largest absolute Gasteiger partial charge is 0.377 e. The minimum Gasteiger partial charge on any atom is -0.377 e. The van der Waals surface area contributed by atoms with Gasteiger partial charge in [-0.3, -0.25) is 4.79 Å². The van der Waals surface area contributed by atoms with Crippen LogP contribution in [-0.2, 0) is 9.53 Å². The van der Waals surface area contributed by atoms with E-state index in [1.807, 2.05) is 0 Å². The lowest BCUT2D eigenvalue weighted by atomic mass is 9.94. The Morgan fingerprint density at radius 2 is 2.12 bits per heavy atom. The van der Waals surface area contributed by atoms with Gasteiger partial charge in [-0.1, -0.05) is 20.3 Å². The smallest absolute Gasteiger partial charge is 0.159 e. The standard InChI is InChI=1S/C19H33BrN4O2/c1-5-16(10-21-9-8-17(25)14-26-4)7-6-15(2)13-24(3)19-12-22-18(20)11-23-19/h11-12,15-16,21H,5-10,13-14H2,1-4H3/t15-,16?/m1/s1. The number of carbonyl (C=O) groups excluding carboxylic acids is 1. The maximum atomic E-state index is 11.4. The molecule has 7 heteroatoms. The lowest BCUT2D eigenvalue weighted by Crippen LogP contribution is -2.28. The summed E-state index contributed by atoms with van der Waals surface area (Å²) in [6.45, 7) is 7.40. The number of anilines is 1. The van der Waals surface area contributed by atoms with Crippen LogP contribution in [0.2, 0.25) is 0 Å². The average Bonchev–Trinajstić information content (AvgIpc) is 2.61. The van der Waals surface area contributed by atoms with Crippen molar-refractivity contribution < 1.29 is 9.53 Å². The second kappa shape index (κ2) is 13.2. The van der Waals surface area contributed by atoms with Crippen molar-refractivity contribution in [1.29, 1.82) is 0 Å². The van der Waals surface area contributed by atoms with E-state index in [1.54, 1.807) is 19.5 Å². The summed E-state index contributed by atoms with van der Waals surface area (Å²) in [6, 6.07) is 0. The number of methoxy groups -OCH3 is 1. The maximum absolute atomic E-state index is 11.4. The van der Waals surface area contributed by atoms with Crippen molar-refractivity contribution in [2.45, 2.75) is 39.5 Å². The molecule has 2 atom stereocenters. The van der Waals surface area contributed by atoms with Crippen LogP contribution in [0, 0.1) is 11.8 Å². The third-order valence-corrected chi connectivity index (χ3v) is 4.96. The van der Waals surface area contributed by atoms with Gasteiger partial charge in [-0.2, -0.15) is 0 Å². The summed E-state index contributed by atoms with van der Waals surface area (Å²) in [6.07, 6.45) is 7.58. The summed E-state index contributed by atoms with van der Waals surface area (Å²) in [5.74, 6) is 2.28. The highest BCUT2D eigenvalue weighted by Gasteiger charge is 2.12. The molecule has 148 valence electrons. The first-order valence-corrected chi connectivity index (χ1v) is 10.2. The molecular weight excluding hydrogens is 396 g/mol. The van der Waals surface area contributed by atoms with Crippen LogP contribution in [0.3, 0.4) is 0 Å². The number of nitrogens with one attached hydrogen (secondary N) is 1. The van der Waals surface area contributed by atoms with Crippen molar-refractivity contribution in [2.75, 3.05) is 45.3 Å². The van der Waals surface area contributed by atoms with Crippen LogP contribution < -0.4 is 10.2 Å². The summed E-state index contributed by atoms with van der Waals surface area (Å²) >= 11 is 3.31. The number of rotatable bonds is 14. The summed E-state index contributed by atoms with van der Waals surface area (Å²) in [4.78, 5) is 22.2. The van der Waals surface area contributed by atoms with Gasteiger partial charge in [0.05, 0.1) is 12.4 Å². The van der Waals surface area contributed by atoms with Crippen LogP contribution >= 0.6 is 15.9 Å². The Balaban J connectivity index is 2.24. The Kier molecular flexibility index (Phi) is 11.6. The Hall–Kier alpha value is -1.05. The lowest BCUT2D eigenvalue weighted by molar-refractivity contribution is -0.122. The van der Waals surface area contributed by atoms with E-state index >= 15 is 0 Å². The van der Waals surface area contributed by atoms with Gasteiger partial charge >= 0.3 is 0 Å². The van der Waals surface area contributed by atoms with E-state index in [-0.39, 0.29) is 12.4 Å². The zero-order chi connectivity index (χ0) is 19.4. The molecule has 0 bridgehead atoms. The molecule has 0 radical (unpaired) electrons. The van der Waals surface area contributed by atoms with E-state index in [0.29, 0.717) is 18.3 Å². The van der Waals surface area contributed by atoms with Crippen molar-refractivity contribution in [3.05, 3.63) is 17.0 Å². The average molecular weight is 429 g/mol. The van der Waals surface area contributed by atoms with Crippen molar-refractivity contribution in [3.63, 3.8) is 0 Å². The molecule has 1 unspecified atom stereocenters. The first-order chi connectivity index (χ1) is 12.5. The third-order valence-electron chi connectivity index (χ3n) is 4.55. The zero-order valence-electron chi connectivity index (χ0n) is 16.5. The number of carbonyl (C=O) groups is 1. The molecule has 0 spiro atoms. The fraction of sp³-hybridized carbons (Fsp3) is 0.737. The van der Waals surface area contributed by atoms with E-state index in [1.165, 1.54) is 12.8 Å². The highest BCUT2D eigenvalue weighted by molar-refractivity contribution is 9.10. The fourth-order valence-electron chi connectivity index (χ4n) is 2.89. The molecule has 0 amide bonds. The summed E-state index contributed by atoms with van der Waals surface area (Å²) < 4.78 is 5.60. The van der Waals surface area contributed by atoms with E-state index in [0.717, 1.165) is 36.5 Å². The predicted octanol–water partition coefficient (Wildman–Crippen LogP) is 3.31. The molecule has 0 aliphatic heterocycles. The molecule has 1 aromatic heterocycles. The molecule has 0 saturated carbocycles. The molecule has 1 N–H and O–H groups in total. The number of ketones is 1. The Labute approximate surface area is 166 Å². The maximum Gasteiger partial charge on any atom is 0.159 e. The van der Waals surface area contributed by atoms with Gasteiger partial charge in [0.15, 0.2) is 5.78 Å². The molecule has 0 aliphatic carbocycles. The van der Waals surface area contributed by atoms with Gasteiger partial charge < -0.3 is 15.0 Å². The topological polar surface area (TPSA) is 67.4 Å². The number of halogens is 1. The number of nitrogens with zero attached hydrogens (tertiary/aromatic N) is 3. The van der Waals surface area contributed by atoms with E-state index in [2.05, 4.69) is 57.0 Å². The number of hydrogen-bond acceptors (Lipinski definition) is 6. The lowest BCUT2D eigenvalue weighted by Gasteiger charge is -2.24. The Morgan fingerprint density at radius 1 is 1.35 bits per heavy atom. The molecule has 6 nitrogen and oxygen atoms in total. The highest BCUT2D eigenvalue weighted by atomic mass is 79.9. The molecule has 0 saturated heterocycles. The Morgan fingerprint density at radius 3 is 2.73 bits per heavy atom. The van der Waals surface area contributed by atoms with Gasteiger partial charge in [-0.05, 0) is 47.2 Å². The van der Waals surface area contributed by atoms with E-state index in [9.17, 15) is 4.79 Å². The van der Waals surface area contributed by atoms with Gasteiger partial charge in [0.2, 0.25) is 0 Å². The van der Waals surface area contributed by atoms with Gasteiger partial charge in [0.1, 0.15) is 17.0 Å². The normalized spacial score (nSPS) is 13.4. The van der Waals surface area contributed by atoms with Crippen LogP contribution in [-0.4, -0.2) is 56.1 Å². The SMILES string of the molecule is CCC(CC[C@@H](C)CN(C)c1cnc(Br)cn1)CNCCC(=O)COC.